The molecule has 11 heteroatoms. The lowest BCUT2D eigenvalue weighted by atomic mass is 9.58. The van der Waals surface area contributed by atoms with Gasteiger partial charge in [0.25, 0.3) is 0 Å². The molecule has 2 aliphatic heterocycles. The SMILES string of the molecule is CC/C(=C\c1ccc(O)cc1Cl)CC[C@H]1OB(O)C[C@H]2C1=C(COc1ccccc1)C[C@H]1C(=O)N(C(=O)OC)C(=O)[C@H]12. The Kier molecular flexibility index (Phi) is 9.06. The van der Waals surface area contributed by atoms with Crippen molar-refractivity contribution in [3.63, 3.8) is 0 Å². The Bertz CT molecular complexity index is 1430. The number of phenols is 1. The molecular formula is C31H33BClNO8. The van der Waals surface area contributed by atoms with Crippen molar-refractivity contribution in [3.05, 3.63) is 75.8 Å². The zero-order valence-corrected chi connectivity index (χ0v) is 24.3. The highest BCUT2D eigenvalue weighted by Crippen LogP contribution is 2.51. The van der Waals surface area contributed by atoms with Crippen LogP contribution in [0.5, 0.6) is 11.5 Å². The minimum absolute atomic E-state index is 0.0873. The Morgan fingerprint density at radius 3 is 2.62 bits per heavy atom. The number of fused-ring (bicyclic) bond motifs is 3. The van der Waals surface area contributed by atoms with Crippen LogP contribution in [0.2, 0.25) is 11.3 Å². The number of nitrogens with zero attached hydrogens (tertiary/aromatic N) is 1. The molecule has 0 radical (unpaired) electrons. The van der Waals surface area contributed by atoms with Crippen molar-refractivity contribution in [2.75, 3.05) is 13.7 Å². The van der Waals surface area contributed by atoms with Gasteiger partial charge in [-0.1, -0.05) is 48.4 Å². The van der Waals surface area contributed by atoms with Crippen LogP contribution in [0.15, 0.2) is 65.3 Å². The summed E-state index contributed by atoms with van der Waals surface area (Å²) in [6.07, 6.45) is 2.66. The number of halogens is 1. The molecule has 1 aliphatic carbocycles. The van der Waals surface area contributed by atoms with Crippen LogP contribution in [0.25, 0.3) is 6.08 Å². The van der Waals surface area contributed by atoms with Gasteiger partial charge in [-0.25, -0.2) is 4.79 Å². The number of amides is 3. The fourth-order valence-electron chi connectivity index (χ4n) is 6.38. The van der Waals surface area contributed by atoms with Crippen molar-refractivity contribution in [2.24, 2.45) is 17.8 Å². The number of ether oxygens (including phenoxy) is 2. The lowest BCUT2D eigenvalue weighted by Crippen LogP contribution is -2.46. The molecule has 0 spiro atoms. The first kappa shape index (κ1) is 29.9. The highest BCUT2D eigenvalue weighted by molar-refractivity contribution is 6.43. The van der Waals surface area contributed by atoms with Gasteiger partial charge < -0.3 is 24.3 Å². The molecule has 2 aromatic carbocycles. The first-order valence-corrected chi connectivity index (χ1v) is 14.5. The molecule has 0 unspecified atom stereocenters. The Hall–Kier alpha value is -3.60. The molecule has 0 aromatic heterocycles. The minimum Gasteiger partial charge on any atom is -0.508 e. The quantitative estimate of drug-likeness (QED) is 0.241. The Balaban J connectivity index is 1.47. The topological polar surface area (TPSA) is 123 Å². The number of likely N-dealkylation sites (tertiary alicyclic amines) is 1. The lowest BCUT2D eigenvalue weighted by Gasteiger charge is -2.43. The molecule has 9 nitrogen and oxygen atoms in total. The molecule has 220 valence electrons. The first-order chi connectivity index (χ1) is 20.2. The molecule has 2 saturated heterocycles. The standard InChI is InChI=1S/C31H33BClNO8/c1-3-18(13-19-10-11-21(35)15-25(19)33)9-12-26-27-20(17-41-22-7-5-4-6-8-22)14-23-28(24(27)16-32(39)42-26)30(37)34(29(23)36)31(38)40-2/h4-8,10-11,13,15,23-24,26,28,35,39H,3,9,12,14,16-17H2,1-2H3/b18-13+/t23-,24+,26-,28-/m1/s1. The van der Waals surface area contributed by atoms with Crippen molar-refractivity contribution >= 4 is 42.7 Å². The van der Waals surface area contributed by atoms with Gasteiger partial charge in [-0.2, -0.15) is 4.90 Å². The number of carbonyl (C=O) groups excluding carboxylic acids is 3. The lowest BCUT2D eigenvalue weighted by molar-refractivity contribution is -0.137. The van der Waals surface area contributed by atoms with E-state index in [2.05, 4.69) is 0 Å². The summed E-state index contributed by atoms with van der Waals surface area (Å²) in [4.78, 5) is 39.7. The molecule has 4 atom stereocenters. The number of aromatic hydroxyl groups is 1. The van der Waals surface area contributed by atoms with Crippen LogP contribution in [0.4, 0.5) is 4.79 Å². The van der Waals surface area contributed by atoms with E-state index in [1.807, 2.05) is 43.3 Å². The molecule has 5 rings (SSSR count). The molecule has 2 heterocycles. The van der Waals surface area contributed by atoms with Gasteiger partial charge in [0.05, 0.1) is 30.1 Å². The largest absolute Gasteiger partial charge is 0.508 e. The van der Waals surface area contributed by atoms with E-state index in [1.54, 1.807) is 12.1 Å². The van der Waals surface area contributed by atoms with E-state index >= 15 is 0 Å². The fourth-order valence-corrected chi connectivity index (χ4v) is 6.60. The molecule has 42 heavy (non-hydrogen) atoms. The van der Waals surface area contributed by atoms with Crippen molar-refractivity contribution in [3.8, 4) is 11.5 Å². The number of benzene rings is 2. The second kappa shape index (κ2) is 12.7. The van der Waals surface area contributed by atoms with E-state index in [0.29, 0.717) is 28.5 Å². The Morgan fingerprint density at radius 2 is 1.93 bits per heavy atom. The van der Waals surface area contributed by atoms with E-state index in [1.165, 1.54) is 6.07 Å². The first-order valence-electron chi connectivity index (χ1n) is 14.1. The van der Waals surface area contributed by atoms with Gasteiger partial charge in [-0.3, -0.25) is 9.59 Å². The fraction of sp³-hybridized carbons (Fsp3) is 0.387. The molecule has 3 amide bonds. The van der Waals surface area contributed by atoms with Crippen LogP contribution in [0.3, 0.4) is 0 Å². The van der Waals surface area contributed by atoms with Crippen LogP contribution >= 0.6 is 11.6 Å². The van der Waals surface area contributed by atoms with E-state index < -0.39 is 48.9 Å². The molecule has 2 N–H and O–H groups in total. The summed E-state index contributed by atoms with van der Waals surface area (Å²) in [5.74, 6) is -2.51. The van der Waals surface area contributed by atoms with Crippen molar-refractivity contribution in [2.45, 2.75) is 45.0 Å². The molecular weight excluding hydrogens is 561 g/mol. The third-order valence-corrected chi connectivity index (χ3v) is 8.67. The molecule has 3 aliphatic rings. The molecule has 0 saturated carbocycles. The predicted molar refractivity (Wildman–Crippen MR) is 157 cm³/mol. The number of allylic oxidation sites excluding steroid dienone is 1. The van der Waals surface area contributed by atoms with Gasteiger partial charge in [0.15, 0.2) is 0 Å². The summed E-state index contributed by atoms with van der Waals surface area (Å²) in [5.41, 5.74) is 3.55. The maximum absolute atomic E-state index is 13.5. The number of hydrogen-bond donors (Lipinski definition) is 2. The van der Waals surface area contributed by atoms with E-state index in [9.17, 15) is 24.5 Å². The monoisotopic (exact) mass is 593 g/mol. The summed E-state index contributed by atoms with van der Waals surface area (Å²) in [6, 6.07) is 14.1. The Labute approximate surface area is 249 Å². The van der Waals surface area contributed by atoms with Gasteiger partial charge in [-0.15, -0.1) is 0 Å². The maximum Gasteiger partial charge on any atom is 0.455 e. The number of phenolic OH excluding ortho intramolecular Hbond substituents is 1. The number of para-hydroxylation sites is 1. The normalized spacial score (nSPS) is 24.0. The highest BCUT2D eigenvalue weighted by atomic mass is 35.5. The second-order valence-corrected chi connectivity index (χ2v) is 11.2. The van der Waals surface area contributed by atoms with Crippen molar-refractivity contribution in [1.29, 1.82) is 0 Å². The van der Waals surface area contributed by atoms with Gasteiger partial charge in [0.2, 0.25) is 11.8 Å². The highest BCUT2D eigenvalue weighted by Gasteiger charge is 2.59. The van der Waals surface area contributed by atoms with E-state index in [-0.39, 0.29) is 25.1 Å². The summed E-state index contributed by atoms with van der Waals surface area (Å²) in [5, 5.41) is 20.9. The second-order valence-electron chi connectivity index (χ2n) is 10.8. The average Bonchev–Trinajstić information content (AvgIpc) is 3.23. The van der Waals surface area contributed by atoms with Gasteiger partial charge in [0, 0.05) is 0 Å². The number of rotatable bonds is 8. The smallest absolute Gasteiger partial charge is 0.455 e. The number of hydrogen-bond acceptors (Lipinski definition) is 8. The van der Waals surface area contributed by atoms with Crippen LogP contribution < -0.4 is 4.74 Å². The molecule has 2 aromatic rings. The van der Waals surface area contributed by atoms with E-state index in [0.717, 1.165) is 35.8 Å². The van der Waals surface area contributed by atoms with Crippen LogP contribution in [0, 0.1) is 17.8 Å². The van der Waals surface area contributed by atoms with Gasteiger partial charge in [0.1, 0.15) is 18.1 Å². The third kappa shape index (κ3) is 5.97. The average molecular weight is 594 g/mol. The van der Waals surface area contributed by atoms with E-state index in [4.69, 9.17) is 25.7 Å². The zero-order valence-electron chi connectivity index (χ0n) is 23.5. The number of carbonyl (C=O) groups is 3. The minimum atomic E-state index is -1.14. The molecule has 2 fully saturated rings. The maximum atomic E-state index is 13.5. The van der Waals surface area contributed by atoms with Crippen molar-refractivity contribution < 1.29 is 38.6 Å². The Morgan fingerprint density at radius 1 is 1.17 bits per heavy atom. The van der Waals surface area contributed by atoms with Crippen molar-refractivity contribution in [1.82, 2.24) is 4.90 Å². The van der Waals surface area contributed by atoms with Gasteiger partial charge in [-0.05, 0) is 85.0 Å². The summed E-state index contributed by atoms with van der Waals surface area (Å²) in [6.45, 7) is 2.21. The third-order valence-electron chi connectivity index (χ3n) is 8.35. The van der Waals surface area contributed by atoms with Crippen LogP contribution in [0.1, 0.15) is 38.2 Å². The summed E-state index contributed by atoms with van der Waals surface area (Å²) in [7, 11) is -0.0130. The zero-order chi connectivity index (χ0) is 30.0. The number of methoxy groups -OCH3 is 1. The van der Waals surface area contributed by atoms with Crippen LogP contribution in [-0.4, -0.2) is 59.9 Å². The number of imide groups is 3. The molecule has 0 bridgehead atoms. The predicted octanol–water partition coefficient (Wildman–Crippen LogP) is 5.26. The summed E-state index contributed by atoms with van der Waals surface area (Å²) >= 11 is 6.34. The van der Waals surface area contributed by atoms with Gasteiger partial charge >= 0.3 is 13.2 Å². The summed E-state index contributed by atoms with van der Waals surface area (Å²) < 4.78 is 16.9. The van der Waals surface area contributed by atoms with Crippen LogP contribution in [-0.2, 0) is 19.0 Å².